The third kappa shape index (κ3) is 4.52. The molecule has 2 N–H and O–H groups in total. The number of aliphatic hydroxyl groups is 1. The van der Waals surface area contributed by atoms with Crippen molar-refractivity contribution in [2.24, 2.45) is 0 Å². The number of nitrogens with zero attached hydrogens (tertiary/aromatic N) is 3. The molecular formula is C23H25ClN4O5. The van der Waals surface area contributed by atoms with Gasteiger partial charge in [0.1, 0.15) is 5.69 Å². The molecule has 3 heterocycles. The molecule has 2 amide bonds. The van der Waals surface area contributed by atoms with Gasteiger partial charge in [0.2, 0.25) is 0 Å². The van der Waals surface area contributed by atoms with Crippen molar-refractivity contribution in [3.05, 3.63) is 53.9 Å². The lowest BCUT2D eigenvalue weighted by Gasteiger charge is -2.33. The van der Waals surface area contributed by atoms with E-state index in [2.05, 4.69) is 10.3 Å². The first-order valence-corrected chi connectivity index (χ1v) is 11.0. The largest absolute Gasteiger partial charge is 0.490 e. The molecule has 1 atom stereocenters. The molecule has 4 rings (SSSR count). The third-order valence-electron chi connectivity index (χ3n) is 5.55. The molecule has 1 aliphatic rings. The highest BCUT2D eigenvalue weighted by Crippen LogP contribution is 2.31. The van der Waals surface area contributed by atoms with Gasteiger partial charge in [-0.25, -0.2) is 9.07 Å². The zero-order chi connectivity index (χ0) is 23.6. The van der Waals surface area contributed by atoms with Gasteiger partial charge >= 0.3 is 0 Å². The van der Waals surface area contributed by atoms with E-state index >= 15 is 0 Å². The Morgan fingerprint density at radius 2 is 2.00 bits per heavy atom. The minimum atomic E-state index is -1.82. The van der Waals surface area contributed by atoms with Crippen LogP contribution in [-0.4, -0.2) is 63.8 Å². The van der Waals surface area contributed by atoms with E-state index in [9.17, 15) is 14.7 Å². The number of para-hydroxylation sites is 1. The van der Waals surface area contributed by atoms with E-state index in [1.807, 2.05) is 24.3 Å². The molecule has 1 aliphatic heterocycles. The molecule has 1 unspecified atom stereocenters. The molecule has 0 spiro atoms. The van der Waals surface area contributed by atoms with Crippen molar-refractivity contribution in [3.63, 3.8) is 0 Å². The maximum Gasteiger partial charge on any atom is 0.274 e. The van der Waals surface area contributed by atoms with Crippen LogP contribution in [0.4, 0.5) is 5.82 Å². The Bertz CT molecular complexity index is 1190. The molecule has 0 radical (unpaired) electrons. The number of pyridine rings is 1. The number of ether oxygens (including phenoxy) is 2. The fraction of sp³-hybridized carbons (Fsp3) is 0.348. The van der Waals surface area contributed by atoms with Crippen molar-refractivity contribution in [2.45, 2.75) is 19.4 Å². The molecule has 1 saturated heterocycles. The summed E-state index contributed by atoms with van der Waals surface area (Å²) in [7, 11) is 0. The van der Waals surface area contributed by atoms with Crippen molar-refractivity contribution in [1.82, 2.24) is 14.0 Å². The van der Waals surface area contributed by atoms with Crippen LogP contribution in [0.1, 0.15) is 29.9 Å². The second-order valence-corrected chi connectivity index (χ2v) is 8.14. The van der Waals surface area contributed by atoms with Gasteiger partial charge in [-0.05, 0) is 32.0 Å². The molecule has 0 bridgehead atoms. The molecule has 1 fully saturated rings. The van der Waals surface area contributed by atoms with Crippen LogP contribution in [-0.2, 0) is 15.1 Å². The molecular weight excluding hydrogens is 448 g/mol. The van der Waals surface area contributed by atoms with Crippen molar-refractivity contribution >= 4 is 40.3 Å². The lowest BCUT2D eigenvalue weighted by atomic mass is 9.95. The molecule has 2 aromatic heterocycles. The van der Waals surface area contributed by atoms with E-state index in [1.54, 1.807) is 17.9 Å². The lowest BCUT2D eigenvalue weighted by Crippen LogP contribution is -2.49. The Morgan fingerprint density at radius 3 is 2.70 bits per heavy atom. The summed E-state index contributed by atoms with van der Waals surface area (Å²) in [5.41, 5.74) is -0.621. The summed E-state index contributed by atoms with van der Waals surface area (Å²) in [6.07, 6.45) is 1.35. The minimum Gasteiger partial charge on any atom is -0.490 e. The molecule has 9 nitrogen and oxygen atoms in total. The van der Waals surface area contributed by atoms with Crippen LogP contribution in [0, 0.1) is 0 Å². The number of carbonyl (C=O) groups is 2. The number of nitrogens with one attached hydrogen (secondary N) is 1. The summed E-state index contributed by atoms with van der Waals surface area (Å²) in [4.78, 5) is 31.7. The molecule has 3 aromatic rings. The third-order valence-corrected chi connectivity index (χ3v) is 5.91. The fourth-order valence-corrected chi connectivity index (χ4v) is 4.00. The van der Waals surface area contributed by atoms with Crippen LogP contribution in [0.5, 0.6) is 5.75 Å². The van der Waals surface area contributed by atoms with Gasteiger partial charge in [-0.15, -0.1) is 0 Å². The predicted molar refractivity (Wildman–Crippen MR) is 124 cm³/mol. The zero-order valence-electron chi connectivity index (χ0n) is 18.4. The van der Waals surface area contributed by atoms with Crippen LogP contribution in [0.2, 0.25) is 0 Å². The number of rotatable bonds is 6. The Balaban J connectivity index is 1.60. The maximum atomic E-state index is 12.9. The average Bonchev–Trinajstić information content (AvgIpc) is 3.17. The summed E-state index contributed by atoms with van der Waals surface area (Å²) in [5, 5.41) is 14.6. The number of anilines is 1. The van der Waals surface area contributed by atoms with E-state index in [0.29, 0.717) is 38.4 Å². The monoisotopic (exact) mass is 472 g/mol. The molecule has 0 saturated carbocycles. The Hall–Kier alpha value is -3.14. The van der Waals surface area contributed by atoms with E-state index in [1.165, 1.54) is 23.3 Å². The van der Waals surface area contributed by atoms with Crippen LogP contribution < -0.4 is 10.1 Å². The number of fused-ring (bicyclic) bond motifs is 1. The van der Waals surface area contributed by atoms with Crippen molar-refractivity contribution < 1.29 is 24.2 Å². The summed E-state index contributed by atoms with van der Waals surface area (Å²) in [6.45, 7) is 5.15. The first-order valence-electron chi connectivity index (χ1n) is 10.6. The number of carbonyl (C=O) groups excluding carboxylic acids is 2. The fourth-order valence-electron chi connectivity index (χ4n) is 3.72. The number of benzene rings is 1. The molecule has 33 heavy (non-hydrogen) atoms. The van der Waals surface area contributed by atoms with E-state index in [-0.39, 0.29) is 22.8 Å². The lowest BCUT2D eigenvalue weighted by molar-refractivity contribution is -0.154. The summed E-state index contributed by atoms with van der Waals surface area (Å²) < 4.78 is 12.2. The first-order chi connectivity index (χ1) is 15.8. The first kappa shape index (κ1) is 23.0. The second kappa shape index (κ2) is 9.38. The van der Waals surface area contributed by atoms with Crippen LogP contribution in [0.3, 0.4) is 0 Å². The van der Waals surface area contributed by atoms with E-state index in [4.69, 9.17) is 21.3 Å². The Kier molecular flexibility index (Phi) is 6.55. The standard InChI is InChI=1S/C23H25ClN4O5/c1-3-33-19-13-16(23(2,31)22(30)27-8-10-32-11-9-27)14-25-20(19)26-21(29)18-12-15-6-4-5-7-17(15)28(18)24/h4-7,12-14,31H,3,8-11H2,1-2H3,(H,25,26,29). The van der Waals surface area contributed by atoms with Crippen LogP contribution >= 0.6 is 11.8 Å². The highest BCUT2D eigenvalue weighted by atomic mass is 35.5. The highest BCUT2D eigenvalue weighted by molar-refractivity contribution is 6.23. The Labute approximate surface area is 196 Å². The van der Waals surface area contributed by atoms with Gasteiger partial charge in [0, 0.05) is 42.0 Å². The number of hydrogen-bond donors (Lipinski definition) is 2. The number of aromatic nitrogens is 2. The zero-order valence-corrected chi connectivity index (χ0v) is 19.1. The maximum absolute atomic E-state index is 12.9. The number of amides is 2. The van der Waals surface area contributed by atoms with E-state index in [0.717, 1.165) is 5.39 Å². The molecule has 1 aromatic carbocycles. The van der Waals surface area contributed by atoms with E-state index < -0.39 is 17.4 Å². The van der Waals surface area contributed by atoms with Gasteiger partial charge in [0.15, 0.2) is 17.2 Å². The topological polar surface area (TPSA) is 106 Å². The number of morpholine rings is 1. The van der Waals surface area contributed by atoms with Gasteiger partial charge in [0.05, 0.1) is 25.3 Å². The van der Waals surface area contributed by atoms with Gasteiger partial charge in [-0.3, -0.25) is 9.59 Å². The normalized spacial score (nSPS) is 15.8. The summed E-state index contributed by atoms with van der Waals surface area (Å²) in [5.74, 6) is -0.533. The summed E-state index contributed by atoms with van der Waals surface area (Å²) >= 11 is 6.33. The van der Waals surface area contributed by atoms with Crippen molar-refractivity contribution in [1.29, 1.82) is 0 Å². The summed E-state index contributed by atoms with van der Waals surface area (Å²) in [6, 6.07) is 10.6. The van der Waals surface area contributed by atoms with Crippen LogP contribution in [0.15, 0.2) is 42.6 Å². The van der Waals surface area contributed by atoms with Crippen molar-refractivity contribution in [2.75, 3.05) is 38.2 Å². The van der Waals surface area contributed by atoms with Gasteiger partial charge < -0.3 is 24.8 Å². The second-order valence-electron chi connectivity index (χ2n) is 7.80. The van der Waals surface area contributed by atoms with Crippen molar-refractivity contribution in [3.8, 4) is 5.75 Å². The molecule has 0 aliphatic carbocycles. The average molecular weight is 473 g/mol. The van der Waals surface area contributed by atoms with Crippen LogP contribution in [0.25, 0.3) is 10.9 Å². The SMILES string of the molecule is CCOc1cc(C(C)(O)C(=O)N2CCOCC2)cnc1NC(=O)c1cc2ccccc2n1Cl. The Morgan fingerprint density at radius 1 is 1.27 bits per heavy atom. The number of halogens is 1. The molecule has 10 heteroatoms. The quantitative estimate of drug-likeness (QED) is 0.571. The van der Waals surface area contributed by atoms with Gasteiger partial charge in [-0.1, -0.05) is 18.2 Å². The van der Waals surface area contributed by atoms with Gasteiger partial charge in [0.25, 0.3) is 11.8 Å². The number of hydrogen-bond acceptors (Lipinski definition) is 6. The molecule has 174 valence electrons. The minimum absolute atomic E-state index is 0.155. The van der Waals surface area contributed by atoms with Gasteiger partial charge in [-0.2, -0.15) is 0 Å². The highest BCUT2D eigenvalue weighted by Gasteiger charge is 2.38. The predicted octanol–water partition coefficient (Wildman–Crippen LogP) is 2.76. The smallest absolute Gasteiger partial charge is 0.274 e.